The Morgan fingerprint density at radius 1 is 1.33 bits per heavy atom. The summed E-state index contributed by atoms with van der Waals surface area (Å²) >= 11 is 1.62. The highest BCUT2D eigenvalue weighted by atomic mass is 35.5. The number of hydrogen-bond acceptors (Lipinski definition) is 4. The first-order valence-corrected chi connectivity index (χ1v) is 8.83. The number of pyridine rings is 1. The average molecular weight is 364 g/mol. The first-order chi connectivity index (χ1) is 11.3. The summed E-state index contributed by atoms with van der Waals surface area (Å²) in [4.78, 5) is 20.1. The number of carbonyl (C=O) groups is 1. The number of aryl methyl sites for hydroxylation is 1. The van der Waals surface area contributed by atoms with Gasteiger partial charge in [-0.05, 0) is 30.2 Å². The molecule has 0 aliphatic carbocycles. The van der Waals surface area contributed by atoms with Gasteiger partial charge in [0, 0.05) is 36.9 Å². The predicted molar refractivity (Wildman–Crippen MR) is 101 cm³/mol. The molecule has 1 amide bonds. The van der Waals surface area contributed by atoms with Crippen LogP contribution in [0.5, 0.6) is 0 Å². The summed E-state index contributed by atoms with van der Waals surface area (Å²) in [6, 6.07) is 12.2. The van der Waals surface area contributed by atoms with Crippen molar-refractivity contribution in [2.75, 3.05) is 25.4 Å². The molecule has 0 saturated carbocycles. The van der Waals surface area contributed by atoms with E-state index in [0.29, 0.717) is 5.75 Å². The quantitative estimate of drug-likeness (QED) is 0.848. The lowest BCUT2D eigenvalue weighted by Crippen LogP contribution is -2.49. The Bertz CT molecular complexity index is 668. The Kier molecular flexibility index (Phi) is 7.09. The molecule has 1 aromatic carbocycles. The fourth-order valence-electron chi connectivity index (χ4n) is 2.81. The van der Waals surface area contributed by atoms with E-state index in [4.69, 9.17) is 0 Å². The van der Waals surface area contributed by atoms with Crippen molar-refractivity contribution in [2.45, 2.75) is 17.9 Å². The fraction of sp³-hybridized carbons (Fsp3) is 0.333. The summed E-state index contributed by atoms with van der Waals surface area (Å²) in [5.41, 5.74) is 2.31. The molecule has 24 heavy (non-hydrogen) atoms. The number of nitrogens with one attached hydrogen (secondary N) is 1. The number of nitrogens with zero attached hydrogens (tertiary/aromatic N) is 2. The summed E-state index contributed by atoms with van der Waals surface area (Å²) in [6.07, 6.45) is 3.62. The van der Waals surface area contributed by atoms with Gasteiger partial charge < -0.3 is 10.2 Å². The molecule has 0 bridgehead atoms. The second-order valence-corrected chi connectivity index (χ2v) is 6.66. The standard InChI is InChI=1S/C18H21N3OS.ClH/c1-14-5-2-3-7-17(14)23-13-18(22)21-10-9-20-12-16(21)15-6-4-8-19-11-15;/h2-8,11,16,20H,9-10,12-13H2,1H3;1H. The zero-order valence-electron chi connectivity index (χ0n) is 13.6. The van der Waals surface area contributed by atoms with Crippen LogP contribution in [0.3, 0.4) is 0 Å². The SMILES string of the molecule is Cc1ccccc1SCC(=O)N1CCNCC1c1cccnc1.Cl. The number of carbonyl (C=O) groups excluding carboxylic acids is 1. The van der Waals surface area contributed by atoms with Crippen LogP contribution in [0.25, 0.3) is 0 Å². The third kappa shape index (κ3) is 4.50. The molecular formula is C18H22ClN3OS. The highest BCUT2D eigenvalue weighted by Gasteiger charge is 2.27. The lowest BCUT2D eigenvalue weighted by atomic mass is 10.1. The minimum absolute atomic E-state index is 0. The van der Waals surface area contributed by atoms with Crippen LogP contribution < -0.4 is 5.32 Å². The van der Waals surface area contributed by atoms with E-state index in [1.807, 2.05) is 35.4 Å². The van der Waals surface area contributed by atoms with E-state index in [-0.39, 0.29) is 24.4 Å². The molecule has 6 heteroatoms. The maximum absolute atomic E-state index is 12.7. The van der Waals surface area contributed by atoms with Crippen LogP contribution in [0.15, 0.2) is 53.7 Å². The monoisotopic (exact) mass is 363 g/mol. The lowest BCUT2D eigenvalue weighted by Gasteiger charge is -2.36. The summed E-state index contributed by atoms with van der Waals surface area (Å²) in [6.45, 7) is 4.45. The Balaban J connectivity index is 0.00000208. The number of halogens is 1. The van der Waals surface area contributed by atoms with E-state index in [1.54, 1.807) is 18.0 Å². The number of hydrogen-bond donors (Lipinski definition) is 1. The molecule has 1 saturated heterocycles. The van der Waals surface area contributed by atoms with Crippen LogP contribution in [0.1, 0.15) is 17.2 Å². The highest BCUT2D eigenvalue weighted by molar-refractivity contribution is 8.00. The second kappa shape index (κ2) is 9.06. The van der Waals surface area contributed by atoms with Gasteiger partial charge in [-0.1, -0.05) is 24.3 Å². The van der Waals surface area contributed by atoms with Crippen molar-refractivity contribution in [3.63, 3.8) is 0 Å². The number of aromatic nitrogens is 1. The summed E-state index contributed by atoms with van der Waals surface area (Å²) in [7, 11) is 0. The normalized spacial score (nSPS) is 17.2. The van der Waals surface area contributed by atoms with Crippen molar-refractivity contribution in [1.82, 2.24) is 15.2 Å². The van der Waals surface area contributed by atoms with Gasteiger partial charge in [0.15, 0.2) is 0 Å². The number of piperazine rings is 1. The van der Waals surface area contributed by atoms with E-state index in [9.17, 15) is 4.79 Å². The first kappa shape index (κ1) is 18.8. The molecule has 1 aliphatic rings. The Morgan fingerprint density at radius 2 is 2.17 bits per heavy atom. The smallest absolute Gasteiger partial charge is 0.233 e. The van der Waals surface area contributed by atoms with E-state index < -0.39 is 0 Å². The van der Waals surface area contributed by atoms with E-state index in [1.165, 1.54) is 10.5 Å². The topological polar surface area (TPSA) is 45.2 Å². The van der Waals surface area contributed by atoms with Crippen molar-refractivity contribution in [1.29, 1.82) is 0 Å². The third-order valence-electron chi connectivity index (χ3n) is 4.08. The van der Waals surface area contributed by atoms with Gasteiger partial charge in [-0.25, -0.2) is 0 Å². The molecule has 0 radical (unpaired) electrons. The van der Waals surface area contributed by atoms with Gasteiger partial charge in [0.2, 0.25) is 5.91 Å². The summed E-state index contributed by atoms with van der Waals surface area (Å²) in [5, 5.41) is 3.37. The molecular weight excluding hydrogens is 342 g/mol. The molecule has 1 fully saturated rings. The van der Waals surface area contributed by atoms with Crippen molar-refractivity contribution < 1.29 is 4.79 Å². The van der Waals surface area contributed by atoms with E-state index >= 15 is 0 Å². The fourth-order valence-corrected chi connectivity index (χ4v) is 3.73. The van der Waals surface area contributed by atoms with Gasteiger partial charge >= 0.3 is 0 Å². The van der Waals surface area contributed by atoms with Crippen LogP contribution in [0.2, 0.25) is 0 Å². The van der Waals surface area contributed by atoms with E-state index in [2.05, 4.69) is 29.4 Å². The van der Waals surface area contributed by atoms with Crippen LogP contribution in [0, 0.1) is 6.92 Å². The molecule has 0 spiro atoms. The van der Waals surface area contributed by atoms with Crippen LogP contribution in [-0.2, 0) is 4.79 Å². The molecule has 1 N–H and O–H groups in total. The number of benzene rings is 1. The van der Waals surface area contributed by atoms with Gasteiger partial charge in [-0.2, -0.15) is 0 Å². The van der Waals surface area contributed by atoms with Crippen LogP contribution in [-0.4, -0.2) is 41.2 Å². The molecule has 2 aromatic rings. The molecule has 2 heterocycles. The largest absolute Gasteiger partial charge is 0.332 e. The van der Waals surface area contributed by atoms with Crippen molar-refractivity contribution >= 4 is 30.1 Å². The number of rotatable bonds is 4. The van der Waals surface area contributed by atoms with Crippen molar-refractivity contribution in [3.8, 4) is 0 Å². The highest BCUT2D eigenvalue weighted by Crippen LogP contribution is 2.26. The maximum atomic E-state index is 12.7. The number of amides is 1. The minimum atomic E-state index is 0. The minimum Gasteiger partial charge on any atom is -0.332 e. The molecule has 4 nitrogen and oxygen atoms in total. The lowest BCUT2D eigenvalue weighted by molar-refractivity contribution is -0.131. The van der Waals surface area contributed by atoms with Gasteiger partial charge in [-0.15, -0.1) is 24.2 Å². The second-order valence-electron chi connectivity index (χ2n) is 5.65. The van der Waals surface area contributed by atoms with Gasteiger partial charge in [-0.3, -0.25) is 9.78 Å². The van der Waals surface area contributed by atoms with Crippen LogP contribution >= 0.6 is 24.2 Å². The van der Waals surface area contributed by atoms with Gasteiger partial charge in [0.25, 0.3) is 0 Å². The molecule has 1 unspecified atom stereocenters. The predicted octanol–water partition coefficient (Wildman–Crippen LogP) is 3.08. The average Bonchev–Trinajstić information content (AvgIpc) is 2.61. The molecule has 128 valence electrons. The van der Waals surface area contributed by atoms with Crippen molar-refractivity contribution in [2.24, 2.45) is 0 Å². The van der Waals surface area contributed by atoms with E-state index in [0.717, 1.165) is 25.2 Å². The Hall–Kier alpha value is -1.56. The van der Waals surface area contributed by atoms with Gasteiger partial charge in [0.1, 0.15) is 0 Å². The Labute approximate surface area is 153 Å². The molecule has 3 rings (SSSR count). The first-order valence-electron chi connectivity index (χ1n) is 7.84. The number of thioether (sulfide) groups is 1. The molecule has 1 aromatic heterocycles. The zero-order valence-corrected chi connectivity index (χ0v) is 15.3. The molecule has 1 atom stereocenters. The maximum Gasteiger partial charge on any atom is 0.233 e. The van der Waals surface area contributed by atoms with Crippen LogP contribution in [0.4, 0.5) is 0 Å². The molecule has 1 aliphatic heterocycles. The third-order valence-corrected chi connectivity index (χ3v) is 5.24. The van der Waals surface area contributed by atoms with Crippen molar-refractivity contribution in [3.05, 3.63) is 59.9 Å². The van der Waals surface area contributed by atoms with Gasteiger partial charge in [0.05, 0.1) is 11.8 Å². The summed E-state index contributed by atoms with van der Waals surface area (Å²) in [5.74, 6) is 0.662. The zero-order chi connectivity index (χ0) is 16.1. The summed E-state index contributed by atoms with van der Waals surface area (Å²) < 4.78 is 0. The Morgan fingerprint density at radius 3 is 2.92 bits per heavy atom.